The summed E-state index contributed by atoms with van der Waals surface area (Å²) in [6.07, 6.45) is 0.809. The smallest absolute Gasteiger partial charge is 0.269 e. The van der Waals surface area contributed by atoms with Gasteiger partial charge in [-0.1, -0.05) is 20.8 Å². The van der Waals surface area contributed by atoms with Crippen molar-refractivity contribution in [3.8, 4) is 0 Å². The van der Waals surface area contributed by atoms with Gasteiger partial charge < -0.3 is 0 Å². The van der Waals surface area contributed by atoms with Gasteiger partial charge in [-0.05, 0) is 12.3 Å². The van der Waals surface area contributed by atoms with Gasteiger partial charge in [-0.15, -0.1) is 0 Å². The lowest BCUT2D eigenvalue weighted by molar-refractivity contribution is 0.697. The fraction of sp³-hybridized carbons (Fsp3) is 0.667. The molecule has 12 heavy (non-hydrogen) atoms. The number of aromatic amines is 1. The zero-order valence-electron chi connectivity index (χ0n) is 8.14. The zero-order valence-corrected chi connectivity index (χ0v) is 8.14. The lowest BCUT2D eigenvalue weighted by Crippen LogP contribution is -2.14. The predicted octanol–water partition coefficient (Wildman–Crippen LogP) is 1.40. The van der Waals surface area contributed by atoms with Crippen molar-refractivity contribution in [2.75, 3.05) is 0 Å². The number of rotatable bonds is 2. The second-order valence-electron chi connectivity index (χ2n) is 3.38. The van der Waals surface area contributed by atoms with Gasteiger partial charge >= 0.3 is 0 Å². The maximum absolute atomic E-state index is 11.5. The van der Waals surface area contributed by atoms with Crippen LogP contribution in [0.3, 0.4) is 0 Å². The summed E-state index contributed by atoms with van der Waals surface area (Å²) in [4.78, 5) is 11.5. The zero-order chi connectivity index (χ0) is 9.30. The van der Waals surface area contributed by atoms with Gasteiger partial charge in [0.05, 0.1) is 0 Å². The van der Waals surface area contributed by atoms with Gasteiger partial charge in [0.2, 0.25) is 0 Å². The van der Waals surface area contributed by atoms with E-state index in [9.17, 15) is 4.79 Å². The fourth-order valence-electron chi connectivity index (χ4n) is 1.44. The first-order valence-corrected chi connectivity index (χ1v) is 4.35. The van der Waals surface area contributed by atoms with E-state index in [1.54, 1.807) is 11.7 Å². The van der Waals surface area contributed by atoms with Crippen LogP contribution in [0.5, 0.6) is 0 Å². The third-order valence-electron chi connectivity index (χ3n) is 2.11. The Kier molecular flexibility index (Phi) is 2.40. The van der Waals surface area contributed by atoms with Gasteiger partial charge in [0.15, 0.2) is 0 Å². The summed E-state index contributed by atoms with van der Waals surface area (Å²) in [6, 6.07) is 0. The van der Waals surface area contributed by atoms with E-state index in [1.807, 2.05) is 6.92 Å². The molecule has 0 amide bonds. The Labute approximate surface area is 72.4 Å². The van der Waals surface area contributed by atoms with E-state index in [4.69, 9.17) is 0 Å². The average Bonchev–Trinajstić information content (AvgIpc) is 2.29. The molecule has 0 aromatic carbocycles. The fourth-order valence-corrected chi connectivity index (χ4v) is 1.44. The third kappa shape index (κ3) is 1.31. The minimum absolute atomic E-state index is 0.112. The summed E-state index contributed by atoms with van der Waals surface area (Å²) in [6.45, 7) is 6.19. The lowest BCUT2D eigenvalue weighted by Gasteiger charge is -2.02. The van der Waals surface area contributed by atoms with E-state index < -0.39 is 0 Å². The molecule has 0 aliphatic carbocycles. The maximum Gasteiger partial charge on any atom is 0.269 e. The molecule has 68 valence electrons. The molecular weight excluding hydrogens is 152 g/mol. The predicted molar refractivity (Wildman–Crippen MR) is 49.5 cm³/mol. The molecule has 0 radical (unpaired) electrons. The van der Waals surface area contributed by atoms with Gasteiger partial charge in [-0.25, -0.2) is 0 Å². The molecule has 1 aromatic rings. The van der Waals surface area contributed by atoms with Gasteiger partial charge in [0, 0.05) is 18.3 Å². The minimum atomic E-state index is 0.112. The Balaban J connectivity index is 3.30. The normalized spacial score (nSPS) is 11.1. The maximum atomic E-state index is 11.5. The number of hydrogen-bond acceptors (Lipinski definition) is 1. The Morgan fingerprint density at radius 2 is 2.08 bits per heavy atom. The molecule has 1 aromatic heterocycles. The summed E-state index contributed by atoms with van der Waals surface area (Å²) in [5.74, 6) is 0.397. The van der Waals surface area contributed by atoms with E-state index in [0.29, 0.717) is 5.92 Å². The summed E-state index contributed by atoms with van der Waals surface area (Å²) in [5, 5.41) is 3.07. The Morgan fingerprint density at radius 1 is 1.50 bits per heavy atom. The van der Waals surface area contributed by atoms with Gasteiger partial charge in [-0.3, -0.25) is 14.6 Å². The molecular formula is C9H16N2O. The molecule has 0 aliphatic heterocycles. The lowest BCUT2D eigenvalue weighted by atomic mass is 10.0. The Hall–Kier alpha value is -0.990. The first-order chi connectivity index (χ1) is 5.57. The van der Waals surface area contributed by atoms with Crippen LogP contribution in [0.4, 0.5) is 0 Å². The standard InChI is InChI=1S/C9H16N2O/c1-5-7-8(6(2)3)10-11(4)9(7)12/h6,10H,5H2,1-4H3. The summed E-state index contributed by atoms with van der Waals surface area (Å²) in [7, 11) is 1.76. The SMILES string of the molecule is CCc1c(C(C)C)[nH]n(C)c1=O. The molecule has 0 bridgehead atoms. The number of nitrogens with zero attached hydrogens (tertiary/aromatic N) is 1. The van der Waals surface area contributed by atoms with E-state index in [2.05, 4.69) is 18.9 Å². The van der Waals surface area contributed by atoms with E-state index >= 15 is 0 Å². The van der Waals surface area contributed by atoms with Crippen LogP contribution < -0.4 is 5.56 Å². The number of aromatic nitrogens is 2. The van der Waals surface area contributed by atoms with Crippen molar-refractivity contribution in [3.05, 3.63) is 21.6 Å². The Morgan fingerprint density at radius 3 is 2.42 bits per heavy atom. The highest BCUT2D eigenvalue weighted by atomic mass is 16.1. The molecule has 0 atom stereocenters. The summed E-state index contributed by atoms with van der Waals surface area (Å²) in [5.41, 5.74) is 2.11. The van der Waals surface area contributed by atoms with Crippen molar-refractivity contribution in [1.29, 1.82) is 0 Å². The van der Waals surface area contributed by atoms with Crippen molar-refractivity contribution in [1.82, 2.24) is 9.78 Å². The van der Waals surface area contributed by atoms with Crippen LogP contribution >= 0.6 is 0 Å². The number of H-pyrrole nitrogens is 1. The molecule has 1 N–H and O–H groups in total. The van der Waals surface area contributed by atoms with Crippen molar-refractivity contribution < 1.29 is 0 Å². The Bertz CT molecular complexity index is 320. The quantitative estimate of drug-likeness (QED) is 0.712. The van der Waals surface area contributed by atoms with Crippen LogP contribution in [-0.2, 0) is 13.5 Å². The number of nitrogens with one attached hydrogen (secondary N) is 1. The molecule has 3 nitrogen and oxygen atoms in total. The number of aryl methyl sites for hydroxylation is 1. The summed E-state index contributed by atoms with van der Waals surface area (Å²) < 4.78 is 1.55. The largest absolute Gasteiger partial charge is 0.299 e. The van der Waals surface area contributed by atoms with Crippen LogP contribution in [0.1, 0.15) is 37.9 Å². The van der Waals surface area contributed by atoms with Crippen molar-refractivity contribution in [2.24, 2.45) is 7.05 Å². The summed E-state index contributed by atoms with van der Waals surface area (Å²) >= 11 is 0. The average molecular weight is 168 g/mol. The highest BCUT2D eigenvalue weighted by Crippen LogP contribution is 2.13. The second kappa shape index (κ2) is 3.17. The van der Waals surface area contributed by atoms with Crippen LogP contribution in [0.15, 0.2) is 4.79 Å². The minimum Gasteiger partial charge on any atom is -0.299 e. The molecule has 0 unspecified atom stereocenters. The van der Waals surface area contributed by atoms with Crippen LogP contribution in [0, 0.1) is 0 Å². The first-order valence-electron chi connectivity index (χ1n) is 4.35. The van der Waals surface area contributed by atoms with Crippen LogP contribution in [0.25, 0.3) is 0 Å². The van der Waals surface area contributed by atoms with E-state index in [1.165, 1.54) is 0 Å². The van der Waals surface area contributed by atoms with Gasteiger partial charge in [0.1, 0.15) is 0 Å². The number of hydrogen-bond donors (Lipinski definition) is 1. The molecule has 0 saturated carbocycles. The highest BCUT2D eigenvalue weighted by Gasteiger charge is 2.12. The molecule has 0 spiro atoms. The first kappa shape index (κ1) is 9.10. The van der Waals surface area contributed by atoms with Gasteiger partial charge in [-0.2, -0.15) is 0 Å². The highest BCUT2D eigenvalue weighted by molar-refractivity contribution is 5.20. The van der Waals surface area contributed by atoms with Crippen LogP contribution in [-0.4, -0.2) is 9.78 Å². The monoisotopic (exact) mass is 168 g/mol. The second-order valence-corrected chi connectivity index (χ2v) is 3.38. The van der Waals surface area contributed by atoms with Crippen molar-refractivity contribution in [3.63, 3.8) is 0 Å². The van der Waals surface area contributed by atoms with Gasteiger partial charge in [0.25, 0.3) is 5.56 Å². The molecule has 1 rings (SSSR count). The molecule has 0 saturated heterocycles. The molecule has 0 aliphatic rings. The van der Waals surface area contributed by atoms with E-state index in [-0.39, 0.29) is 5.56 Å². The van der Waals surface area contributed by atoms with E-state index in [0.717, 1.165) is 17.7 Å². The molecule has 1 heterocycles. The molecule has 3 heteroatoms. The van der Waals surface area contributed by atoms with Crippen molar-refractivity contribution in [2.45, 2.75) is 33.1 Å². The third-order valence-corrected chi connectivity index (χ3v) is 2.11. The van der Waals surface area contributed by atoms with Crippen LogP contribution in [0.2, 0.25) is 0 Å². The topological polar surface area (TPSA) is 37.8 Å². The van der Waals surface area contributed by atoms with Crippen molar-refractivity contribution >= 4 is 0 Å². The molecule has 0 fully saturated rings.